The van der Waals surface area contributed by atoms with Crippen LogP contribution in [0.15, 0.2) is 17.5 Å². The Balaban J connectivity index is 1.99. The van der Waals surface area contributed by atoms with Gasteiger partial charge in [-0.05, 0) is 24.3 Å². The SMILES string of the molecule is O=C(O)CC(NC1CCS(=O)(=O)CC1)c1cccs1. The van der Waals surface area contributed by atoms with Gasteiger partial charge < -0.3 is 10.4 Å². The molecular formula is C12H17NO4S2. The highest BCUT2D eigenvalue weighted by molar-refractivity contribution is 7.91. The first-order valence-corrected chi connectivity index (χ1v) is 8.88. The lowest BCUT2D eigenvalue weighted by Gasteiger charge is -2.27. The summed E-state index contributed by atoms with van der Waals surface area (Å²) < 4.78 is 22.7. The molecule has 1 atom stereocenters. The quantitative estimate of drug-likeness (QED) is 0.860. The first-order chi connectivity index (χ1) is 8.96. The number of rotatable bonds is 5. The van der Waals surface area contributed by atoms with Gasteiger partial charge in [0.05, 0.1) is 24.0 Å². The van der Waals surface area contributed by atoms with Crippen molar-refractivity contribution in [2.75, 3.05) is 11.5 Å². The maximum atomic E-state index is 11.4. The largest absolute Gasteiger partial charge is 0.481 e. The van der Waals surface area contributed by atoms with Crippen molar-refractivity contribution in [3.05, 3.63) is 22.4 Å². The fourth-order valence-corrected chi connectivity index (χ4v) is 4.53. The van der Waals surface area contributed by atoms with E-state index in [-0.39, 0.29) is 30.0 Å². The second-order valence-corrected chi connectivity index (χ2v) is 8.04. The van der Waals surface area contributed by atoms with Crippen molar-refractivity contribution in [2.45, 2.75) is 31.3 Å². The Kier molecular flexibility index (Phi) is 4.59. The van der Waals surface area contributed by atoms with E-state index in [0.717, 1.165) is 4.88 Å². The van der Waals surface area contributed by atoms with Gasteiger partial charge in [0.2, 0.25) is 0 Å². The number of carboxylic acids is 1. The molecule has 2 rings (SSSR count). The van der Waals surface area contributed by atoms with Gasteiger partial charge >= 0.3 is 5.97 Å². The van der Waals surface area contributed by atoms with Gasteiger partial charge in [0.1, 0.15) is 9.84 Å². The minimum Gasteiger partial charge on any atom is -0.481 e. The molecular weight excluding hydrogens is 286 g/mol. The average Bonchev–Trinajstić information content (AvgIpc) is 2.84. The summed E-state index contributed by atoms with van der Waals surface area (Å²) in [7, 11) is -2.88. The van der Waals surface area contributed by atoms with Crippen LogP contribution in [0.3, 0.4) is 0 Å². The molecule has 1 unspecified atom stereocenters. The van der Waals surface area contributed by atoms with Crippen molar-refractivity contribution in [1.29, 1.82) is 0 Å². The molecule has 1 saturated heterocycles. The molecule has 1 aromatic heterocycles. The second kappa shape index (κ2) is 6.02. The summed E-state index contributed by atoms with van der Waals surface area (Å²) in [5, 5.41) is 14.2. The van der Waals surface area contributed by atoms with Crippen LogP contribution in [0, 0.1) is 0 Å². The average molecular weight is 303 g/mol. The summed E-state index contributed by atoms with van der Waals surface area (Å²) in [4.78, 5) is 11.9. The fraction of sp³-hybridized carbons (Fsp3) is 0.583. The van der Waals surface area contributed by atoms with Crippen LogP contribution in [0.25, 0.3) is 0 Å². The molecule has 0 aliphatic carbocycles. The third-order valence-electron chi connectivity index (χ3n) is 3.26. The number of carbonyl (C=O) groups is 1. The van der Waals surface area contributed by atoms with Crippen molar-refractivity contribution < 1.29 is 18.3 Å². The van der Waals surface area contributed by atoms with E-state index in [2.05, 4.69) is 5.32 Å². The van der Waals surface area contributed by atoms with E-state index in [1.54, 1.807) is 0 Å². The van der Waals surface area contributed by atoms with E-state index in [4.69, 9.17) is 5.11 Å². The Morgan fingerprint density at radius 3 is 2.68 bits per heavy atom. The summed E-state index contributed by atoms with van der Waals surface area (Å²) in [6, 6.07) is 3.64. The molecule has 1 aliphatic heterocycles. The summed E-state index contributed by atoms with van der Waals surface area (Å²) in [5.74, 6) is -0.474. The zero-order valence-corrected chi connectivity index (χ0v) is 12.0. The van der Waals surface area contributed by atoms with Gasteiger partial charge in [0, 0.05) is 10.9 Å². The molecule has 2 N–H and O–H groups in total. The lowest BCUT2D eigenvalue weighted by Crippen LogP contribution is -2.40. The van der Waals surface area contributed by atoms with Crippen LogP contribution in [0.5, 0.6) is 0 Å². The molecule has 1 aromatic rings. The highest BCUT2D eigenvalue weighted by atomic mass is 32.2. The zero-order chi connectivity index (χ0) is 13.9. The van der Waals surface area contributed by atoms with Crippen LogP contribution in [0.2, 0.25) is 0 Å². The molecule has 0 spiro atoms. The number of nitrogens with one attached hydrogen (secondary N) is 1. The third-order valence-corrected chi connectivity index (χ3v) is 5.96. The minimum absolute atomic E-state index is 0.0176. The maximum Gasteiger partial charge on any atom is 0.305 e. The molecule has 106 valence electrons. The van der Waals surface area contributed by atoms with Gasteiger partial charge in [0.25, 0.3) is 0 Å². The highest BCUT2D eigenvalue weighted by Crippen LogP contribution is 2.24. The van der Waals surface area contributed by atoms with Crippen molar-refractivity contribution in [3.63, 3.8) is 0 Å². The Morgan fingerprint density at radius 1 is 1.47 bits per heavy atom. The van der Waals surface area contributed by atoms with Crippen molar-refractivity contribution >= 4 is 27.1 Å². The summed E-state index contributed by atoms with van der Waals surface area (Å²) >= 11 is 1.52. The molecule has 1 aliphatic rings. The van der Waals surface area contributed by atoms with Gasteiger partial charge in [-0.1, -0.05) is 6.07 Å². The monoisotopic (exact) mass is 303 g/mol. The van der Waals surface area contributed by atoms with E-state index in [0.29, 0.717) is 12.8 Å². The highest BCUT2D eigenvalue weighted by Gasteiger charge is 2.27. The van der Waals surface area contributed by atoms with Crippen LogP contribution in [0.1, 0.15) is 30.2 Å². The van der Waals surface area contributed by atoms with Gasteiger partial charge in [0.15, 0.2) is 0 Å². The van der Waals surface area contributed by atoms with Gasteiger partial charge in [-0.25, -0.2) is 8.42 Å². The summed E-state index contributed by atoms with van der Waals surface area (Å²) in [6.45, 7) is 0. The Bertz CT molecular complexity index is 510. The minimum atomic E-state index is -2.88. The maximum absolute atomic E-state index is 11.4. The van der Waals surface area contributed by atoms with E-state index >= 15 is 0 Å². The predicted octanol–water partition coefficient (Wildman–Crippen LogP) is 1.43. The van der Waals surface area contributed by atoms with E-state index in [9.17, 15) is 13.2 Å². The first-order valence-electron chi connectivity index (χ1n) is 6.18. The normalized spacial score (nSPS) is 21.1. The van der Waals surface area contributed by atoms with E-state index in [1.807, 2.05) is 17.5 Å². The number of hydrogen-bond donors (Lipinski definition) is 2. The lowest BCUT2D eigenvalue weighted by molar-refractivity contribution is -0.137. The molecule has 0 saturated carbocycles. The molecule has 2 heterocycles. The number of thiophene rings is 1. The predicted molar refractivity (Wildman–Crippen MR) is 74.1 cm³/mol. The Morgan fingerprint density at radius 2 is 2.16 bits per heavy atom. The molecule has 0 radical (unpaired) electrons. The molecule has 0 aromatic carbocycles. The van der Waals surface area contributed by atoms with Crippen LogP contribution < -0.4 is 5.32 Å². The topological polar surface area (TPSA) is 83.5 Å². The third kappa shape index (κ3) is 4.29. The number of carboxylic acid groups (broad SMARTS) is 1. The van der Waals surface area contributed by atoms with E-state index < -0.39 is 15.8 Å². The fourth-order valence-electron chi connectivity index (χ4n) is 2.25. The van der Waals surface area contributed by atoms with Gasteiger partial charge in [-0.2, -0.15) is 0 Å². The molecule has 1 fully saturated rings. The van der Waals surface area contributed by atoms with Gasteiger partial charge in [-0.3, -0.25) is 4.79 Å². The standard InChI is InChI=1S/C12H17NO4S2/c14-12(15)8-10(11-2-1-5-18-11)13-9-3-6-19(16,17)7-4-9/h1-2,5,9-10,13H,3-4,6-8H2,(H,14,15). The number of hydrogen-bond acceptors (Lipinski definition) is 5. The number of aliphatic carboxylic acids is 1. The van der Waals surface area contributed by atoms with Crippen LogP contribution in [-0.4, -0.2) is 37.0 Å². The summed E-state index contributed by atoms with van der Waals surface area (Å²) in [5.41, 5.74) is 0. The van der Waals surface area contributed by atoms with Crippen LogP contribution in [0.4, 0.5) is 0 Å². The first kappa shape index (κ1) is 14.5. The zero-order valence-electron chi connectivity index (χ0n) is 10.4. The number of sulfone groups is 1. The van der Waals surface area contributed by atoms with Crippen molar-refractivity contribution in [1.82, 2.24) is 5.32 Å². The van der Waals surface area contributed by atoms with Crippen LogP contribution >= 0.6 is 11.3 Å². The molecule has 7 heteroatoms. The molecule has 19 heavy (non-hydrogen) atoms. The van der Waals surface area contributed by atoms with E-state index in [1.165, 1.54) is 11.3 Å². The summed E-state index contributed by atoms with van der Waals surface area (Å²) in [6.07, 6.45) is 1.14. The Hall–Kier alpha value is -0.920. The smallest absolute Gasteiger partial charge is 0.305 e. The second-order valence-electron chi connectivity index (χ2n) is 4.76. The van der Waals surface area contributed by atoms with Crippen molar-refractivity contribution in [3.8, 4) is 0 Å². The molecule has 5 nitrogen and oxygen atoms in total. The Labute approximate surface area is 116 Å². The lowest BCUT2D eigenvalue weighted by atomic mass is 10.1. The molecule has 0 bridgehead atoms. The van der Waals surface area contributed by atoms with Crippen LogP contribution in [-0.2, 0) is 14.6 Å². The van der Waals surface area contributed by atoms with Crippen molar-refractivity contribution in [2.24, 2.45) is 0 Å². The molecule has 0 amide bonds. The van der Waals surface area contributed by atoms with Gasteiger partial charge in [-0.15, -0.1) is 11.3 Å².